The number of benzene rings is 1. The number of hydrogen-bond acceptors (Lipinski definition) is 2. The summed E-state index contributed by atoms with van der Waals surface area (Å²) in [6.07, 6.45) is 0. The second-order valence-corrected chi connectivity index (χ2v) is 2.69. The molecule has 0 aliphatic rings. The summed E-state index contributed by atoms with van der Waals surface area (Å²) in [5, 5.41) is 5.32. The van der Waals surface area contributed by atoms with Gasteiger partial charge in [0.2, 0.25) is 0 Å². The molecule has 1 aromatic rings. The first-order valence-electron chi connectivity index (χ1n) is 4.38. The lowest BCUT2D eigenvalue weighted by atomic mass is 10.3. The Bertz CT molecular complexity index is 319. The molecule has 1 rings (SSSR count). The average molecular weight is 191 g/mol. The van der Waals surface area contributed by atoms with Crippen molar-refractivity contribution in [3.63, 3.8) is 0 Å². The van der Waals surface area contributed by atoms with Gasteiger partial charge in [-0.15, -0.1) is 0 Å². The summed E-state index contributed by atoms with van der Waals surface area (Å²) in [5.41, 5.74) is 1.52. The van der Waals surface area contributed by atoms with Crippen molar-refractivity contribution in [2.75, 3.05) is 11.9 Å². The average Bonchev–Trinajstić information content (AvgIpc) is 2.19. The molecule has 0 fully saturated rings. The van der Waals surface area contributed by atoms with Gasteiger partial charge in [-0.3, -0.25) is 4.99 Å². The Kier molecular flexibility index (Phi) is 3.67. The van der Waals surface area contributed by atoms with Gasteiger partial charge in [-0.25, -0.2) is 4.79 Å². The molecule has 0 heterocycles. The van der Waals surface area contributed by atoms with E-state index in [1.165, 1.54) is 0 Å². The van der Waals surface area contributed by atoms with Gasteiger partial charge in [0.05, 0.1) is 5.69 Å². The minimum Gasteiger partial charge on any atom is -0.338 e. The van der Waals surface area contributed by atoms with Crippen LogP contribution in [-0.2, 0) is 0 Å². The Hall–Kier alpha value is -1.84. The fourth-order valence-electron chi connectivity index (χ4n) is 0.986. The Morgan fingerprint density at radius 2 is 2.07 bits per heavy atom. The van der Waals surface area contributed by atoms with E-state index in [4.69, 9.17) is 0 Å². The zero-order valence-corrected chi connectivity index (χ0v) is 8.08. The molecule has 14 heavy (non-hydrogen) atoms. The van der Waals surface area contributed by atoms with Gasteiger partial charge in [0.25, 0.3) is 0 Å². The number of rotatable bonds is 3. The van der Waals surface area contributed by atoms with Gasteiger partial charge in [-0.05, 0) is 37.9 Å². The number of hydrogen-bond donors (Lipinski definition) is 2. The normalized spacial score (nSPS) is 9.21. The fourth-order valence-corrected chi connectivity index (χ4v) is 0.986. The highest BCUT2D eigenvalue weighted by molar-refractivity contribution is 5.89. The number of aliphatic imine (C=N–C) groups is 1. The van der Waals surface area contributed by atoms with E-state index in [0.29, 0.717) is 6.54 Å². The number of urea groups is 1. The van der Waals surface area contributed by atoms with E-state index in [9.17, 15) is 4.79 Å². The third kappa shape index (κ3) is 2.90. The molecule has 0 aliphatic carbocycles. The van der Waals surface area contributed by atoms with E-state index in [1.54, 1.807) is 24.3 Å². The van der Waals surface area contributed by atoms with Crippen LogP contribution < -0.4 is 10.6 Å². The molecule has 0 bridgehead atoms. The predicted molar refractivity (Wildman–Crippen MR) is 58.3 cm³/mol. The van der Waals surface area contributed by atoms with E-state index >= 15 is 0 Å². The molecule has 0 radical (unpaired) electrons. The summed E-state index contributed by atoms with van der Waals surface area (Å²) in [4.78, 5) is 14.9. The van der Waals surface area contributed by atoms with Crippen molar-refractivity contribution in [2.45, 2.75) is 6.92 Å². The van der Waals surface area contributed by atoms with Gasteiger partial charge in [0.15, 0.2) is 0 Å². The number of nitrogens with zero attached hydrogens (tertiary/aromatic N) is 1. The highest BCUT2D eigenvalue weighted by atomic mass is 16.2. The van der Waals surface area contributed by atoms with Crippen LogP contribution in [0, 0.1) is 0 Å². The van der Waals surface area contributed by atoms with Crippen LogP contribution in [0.1, 0.15) is 6.92 Å². The first-order valence-corrected chi connectivity index (χ1v) is 4.38. The van der Waals surface area contributed by atoms with Gasteiger partial charge >= 0.3 is 6.03 Å². The monoisotopic (exact) mass is 191 g/mol. The highest BCUT2D eigenvalue weighted by Crippen LogP contribution is 2.14. The number of anilines is 1. The van der Waals surface area contributed by atoms with Crippen LogP contribution in [-0.4, -0.2) is 19.3 Å². The lowest BCUT2D eigenvalue weighted by Crippen LogP contribution is -2.28. The molecule has 0 unspecified atom stereocenters. The van der Waals surface area contributed by atoms with Gasteiger partial charge in [-0.1, -0.05) is 0 Å². The molecule has 2 amide bonds. The second kappa shape index (κ2) is 5.01. The first kappa shape index (κ1) is 10.2. The summed E-state index contributed by atoms with van der Waals surface area (Å²) in [6.45, 7) is 5.88. The lowest BCUT2D eigenvalue weighted by molar-refractivity contribution is 0.252. The first-order chi connectivity index (χ1) is 6.76. The Labute approximate surface area is 83.0 Å². The van der Waals surface area contributed by atoms with Crippen molar-refractivity contribution in [3.8, 4) is 0 Å². The fraction of sp³-hybridized carbons (Fsp3) is 0.200. The number of carbonyl (C=O) groups is 1. The molecular weight excluding hydrogens is 178 g/mol. The van der Waals surface area contributed by atoms with E-state index < -0.39 is 0 Å². The third-order valence-corrected chi connectivity index (χ3v) is 1.65. The van der Waals surface area contributed by atoms with E-state index in [-0.39, 0.29) is 6.03 Å². The van der Waals surface area contributed by atoms with Crippen molar-refractivity contribution >= 4 is 24.1 Å². The lowest BCUT2D eigenvalue weighted by Gasteiger charge is -2.05. The van der Waals surface area contributed by atoms with E-state index in [0.717, 1.165) is 11.4 Å². The van der Waals surface area contributed by atoms with Crippen LogP contribution in [0.5, 0.6) is 0 Å². The maximum atomic E-state index is 11.1. The number of nitrogens with one attached hydrogen (secondary N) is 2. The molecule has 0 saturated heterocycles. The molecule has 74 valence electrons. The third-order valence-electron chi connectivity index (χ3n) is 1.65. The van der Waals surface area contributed by atoms with Crippen LogP contribution in [0.25, 0.3) is 0 Å². The maximum Gasteiger partial charge on any atom is 0.319 e. The molecule has 4 nitrogen and oxygen atoms in total. The molecule has 0 spiro atoms. The van der Waals surface area contributed by atoms with Gasteiger partial charge < -0.3 is 10.6 Å². The topological polar surface area (TPSA) is 53.5 Å². The largest absolute Gasteiger partial charge is 0.338 e. The summed E-state index contributed by atoms with van der Waals surface area (Å²) in [6, 6.07) is 6.92. The highest BCUT2D eigenvalue weighted by Gasteiger charge is 1.98. The zero-order valence-electron chi connectivity index (χ0n) is 8.08. The summed E-state index contributed by atoms with van der Waals surface area (Å²) < 4.78 is 0. The summed E-state index contributed by atoms with van der Waals surface area (Å²) >= 11 is 0. The molecule has 0 saturated carbocycles. The molecule has 4 heteroatoms. The zero-order chi connectivity index (χ0) is 10.4. The molecule has 0 aliphatic heterocycles. The predicted octanol–water partition coefficient (Wildman–Crippen LogP) is 2.16. The second-order valence-electron chi connectivity index (χ2n) is 2.69. The minimum atomic E-state index is -0.202. The Balaban J connectivity index is 2.59. The molecular formula is C10H13N3O. The van der Waals surface area contributed by atoms with Gasteiger partial charge in [0.1, 0.15) is 0 Å². The number of carbonyl (C=O) groups excluding carboxylic acids is 1. The molecule has 2 N–H and O–H groups in total. The van der Waals surface area contributed by atoms with Crippen molar-refractivity contribution in [1.82, 2.24) is 5.32 Å². The summed E-state index contributed by atoms with van der Waals surface area (Å²) in [7, 11) is 0. The van der Waals surface area contributed by atoms with Crippen molar-refractivity contribution in [2.24, 2.45) is 4.99 Å². The van der Waals surface area contributed by atoms with E-state index in [2.05, 4.69) is 22.3 Å². The van der Waals surface area contributed by atoms with E-state index in [1.807, 2.05) is 6.92 Å². The summed E-state index contributed by atoms with van der Waals surface area (Å²) in [5.74, 6) is 0. The van der Waals surface area contributed by atoms with Gasteiger partial charge in [0, 0.05) is 12.2 Å². The smallest absolute Gasteiger partial charge is 0.319 e. The van der Waals surface area contributed by atoms with Crippen LogP contribution >= 0.6 is 0 Å². The van der Waals surface area contributed by atoms with Crippen molar-refractivity contribution < 1.29 is 4.79 Å². The van der Waals surface area contributed by atoms with Crippen molar-refractivity contribution in [1.29, 1.82) is 0 Å². The standard InChI is InChI=1S/C10H13N3O/c1-3-12-10(14)13-9-6-4-8(11-2)5-7-9/h4-7H,2-3H2,1H3,(H2,12,13,14). The Morgan fingerprint density at radius 3 is 2.57 bits per heavy atom. The van der Waals surface area contributed by atoms with Crippen LogP contribution in [0.3, 0.4) is 0 Å². The molecule has 1 aromatic carbocycles. The van der Waals surface area contributed by atoms with Crippen molar-refractivity contribution in [3.05, 3.63) is 24.3 Å². The SMILES string of the molecule is C=Nc1ccc(NC(=O)NCC)cc1. The number of amides is 2. The Morgan fingerprint density at radius 1 is 1.43 bits per heavy atom. The minimum absolute atomic E-state index is 0.202. The van der Waals surface area contributed by atoms with Crippen LogP contribution in [0.4, 0.5) is 16.2 Å². The maximum absolute atomic E-state index is 11.1. The van der Waals surface area contributed by atoms with Gasteiger partial charge in [-0.2, -0.15) is 0 Å². The molecule has 0 atom stereocenters. The molecule has 0 aromatic heterocycles. The van der Waals surface area contributed by atoms with Crippen LogP contribution in [0.2, 0.25) is 0 Å². The van der Waals surface area contributed by atoms with Crippen LogP contribution in [0.15, 0.2) is 29.3 Å². The quantitative estimate of drug-likeness (QED) is 0.707.